The van der Waals surface area contributed by atoms with Gasteiger partial charge in [0.15, 0.2) is 5.96 Å². The lowest BCUT2D eigenvalue weighted by Gasteiger charge is -2.33. The van der Waals surface area contributed by atoms with Gasteiger partial charge in [0, 0.05) is 32.7 Å². The first-order valence-electron chi connectivity index (χ1n) is 10.1. The van der Waals surface area contributed by atoms with Gasteiger partial charge in [-0.25, -0.2) is 8.42 Å². The van der Waals surface area contributed by atoms with E-state index < -0.39 is 15.5 Å². The van der Waals surface area contributed by atoms with Crippen LogP contribution < -0.4 is 10.6 Å². The number of nitrogens with one attached hydrogen (secondary N) is 2. The number of aliphatic imine (C=N–C) groups is 1. The van der Waals surface area contributed by atoms with Gasteiger partial charge in [-0.15, -0.1) is 24.0 Å². The molecule has 2 N–H and O–H groups in total. The standard InChI is InChI=1S/C18H33F3N4O2S.HI/c1-13(2)15-4-6-16(7-5-15)24-17(22-3)23-12-14-8-10-25(11-9-14)28(26,27)18(19,20)21;/h13-16H,4-12H2,1-3H3,(H2,22,23,24);1H. The number of hydrogen-bond acceptors (Lipinski definition) is 3. The Labute approximate surface area is 189 Å². The highest BCUT2D eigenvalue weighted by atomic mass is 127. The third kappa shape index (κ3) is 7.41. The summed E-state index contributed by atoms with van der Waals surface area (Å²) in [5.41, 5.74) is -5.22. The maximum atomic E-state index is 12.6. The lowest BCUT2D eigenvalue weighted by Crippen LogP contribution is -2.49. The summed E-state index contributed by atoms with van der Waals surface area (Å²) < 4.78 is 61.4. The molecule has 0 atom stereocenters. The van der Waals surface area contributed by atoms with E-state index in [0.717, 1.165) is 18.8 Å². The van der Waals surface area contributed by atoms with Gasteiger partial charge in [-0.3, -0.25) is 4.99 Å². The molecule has 1 aliphatic carbocycles. The zero-order valence-corrected chi connectivity index (χ0v) is 20.5. The normalized spacial score (nSPS) is 25.6. The quantitative estimate of drug-likeness (QED) is 0.310. The summed E-state index contributed by atoms with van der Waals surface area (Å²) in [7, 11) is -3.51. The summed E-state index contributed by atoms with van der Waals surface area (Å²) in [6.45, 7) is 4.91. The van der Waals surface area contributed by atoms with E-state index in [1.807, 2.05) is 0 Å². The monoisotopic (exact) mass is 554 g/mol. The minimum atomic E-state index is -5.22. The molecule has 1 heterocycles. The van der Waals surface area contributed by atoms with Crippen molar-refractivity contribution in [2.45, 2.75) is 63.9 Å². The highest BCUT2D eigenvalue weighted by molar-refractivity contribution is 14.0. The number of alkyl halides is 3. The third-order valence-corrected chi connectivity index (χ3v) is 7.67. The van der Waals surface area contributed by atoms with Crippen LogP contribution in [0.25, 0.3) is 0 Å². The Morgan fingerprint density at radius 3 is 2.10 bits per heavy atom. The van der Waals surface area contributed by atoms with Gasteiger partial charge in [-0.05, 0) is 56.3 Å². The van der Waals surface area contributed by atoms with E-state index in [2.05, 4.69) is 29.5 Å². The van der Waals surface area contributed by atoms with E-state index in [4.69, 9.17) is 0 Å². The van der Waals surface area contributed by atoms with Crippen LogP contribution in [0.5, 0.6) is 0 Å². The Balaban J connectivity index is 0.00000420. The number of halogens is 4. The minimum absolute atomic E-state index is 0. The van der Waals surface area contributed by atoms with E-state index in [0.29, 0.717) is 41.6 Å². The Bertz CT molecular complexity index is 628. The van der Waals surface area contributed by atoms with Gasteiger partial charge < -0.3 is 10.6 Å². The van der Waals surface area contributed by atoms with Crippen molar-refractivity contribution in [1.29, 1.82) is 0 Å². The molecule has 0 bridgehead atoms. The van der Waals surface area contributed by atoms with Gasteiger partial charge >= 0.3 is 15.5 Å². The maximum Gasteiger partial charge on any atom is 0.511 e. The molecule has 172 valence electrons. The Hall–Kier alpha value is -0.300. The van der Waals surface area contributed by atoms with E-state index in [1.165, 1.54) is 12.8 Å². The SMILES string of the molecule is CN=C(NCC1CCN(S(=O)(=O)C(F)(F)F)CC1)NC1CCC(C(C)C)CC1.I. The molecule has 1 saturated carbocycles. The molecule has 0 aromatic rings. The second-order valence-electron chi connectivity index (χ2n) is 8.25. The average molecular weight is 554 g/mol. The molecule has 0 aromatic heterocycles. The fraction of sp³-hybridized carbons (Fsp3) is 0.944. The van der Waals surface area contributed by atoms with E-state index in [-0.39, 0.29) is 43.0 Å². The van der Waals surface area contributed by atoms with Crippen molar-refractivity contribution >= 4 is 40.0 Å². The van der Waals surface area contributed by atoms with Crippen molar-refractivity contribution in [3.05, 3.63) is 0 Å². The molecule has 1 aliphatic heterocycles. The second-order valence-corrected chi connectivity index (χ2v) is 10.2. The molecule has 2 fully saturated rings. The molecule has 0 aromatic carbocycles. The van der Waals surface area contributed by atoms with Crippen LogP contribution in [0.3, 0.4) is 0 Å². The number of rotatable bonds is 5. The Morgan fingerprint density at radius 2 is 1.66 bits per heavy atom. The maximum absolute atomic E-state index is 12.6. The van der Waals surface area contributed by atoms with Gasteiger partial charge in [-0.2, -0.15) is 17.5 Å². The van der Waals surface area contributed by atoms with Crippen LogP contribution in [0.2, 0.25) is 0 Å². The zero-order chi connectivity index (χ0) is 20.9. The van der Waals surface area contributed by atoms with Crippen LogP contribution in [-0.2, 0) is 10.0 Å². The Kier molecular flexibility index (Phi) is 10.5. The third-order valence-electron chi connectivity index (χ3n) is 6.04. The lowest BCUT2D eigenvalue weighted by molar-refractivity contribution is -0.0496. The average Bonchev–Trinajstić information content (AvgIpc) is 2.65. The summed E-state index contributed by atoms with van der Waals surface area (Å²) in [5.74, 6) is 2.32. The second kappa shape index (κ2) is 11.4. The van der Waals surface area contributed by atoms with Gasteiger partial charge in [0.1, 0.15) is 0 Å². The number of sulfonamides is 1. The summed E-state index contributed by atoms with van der Waals surface area (Å²) >= 11 is 0. The zero-order valence-electron chi connectivity index (χ0n) is 17.3. The highest BCUT2D eigenvalue weighted by Gasteiger charge is 2.50. The highest BCUT2D eigenvalue weighted by Crippen LogP contribution is 2.31. The summed E-state index contributed by atoms with van der Waals surface area (Å²) in [6, 6.07) is 0.389. The molecule has 6 nitrogen and oxygen atoms in total. The molecule has 0 amide bonds. The van der Waals surface area contributed by atoms with E-state index in [1.54, 1.807) is 7.05 Å². The number of guanidine groups is 1. The number of hydrogen-bond donors (Lipinski definition) is 2. The number of piperidine rings is 1. The summed E-state index contributed by atoms with van der Waals surface area (Å²) in [4.78, 5) is 4.25. The first kappa shape index (κ1) is 26.7. The van der Waals surface area contributed by atoms with Crippen LogP contribution in [0.15, 0.2) is 4.99 Å². The molecule has 0 unspecified atom stereocenters. The molecule has 11 heteroatoms. The molecular formula is C18H34F3IN4O2S. The van der Waals surface area contributed by atoms with Gasteiger partial charge in [0.25, 0.3) is 0 Å². The number of nitrogens with zero attached hydrogens (tertiary/aromatic N) is 2. The van der Waals surface area contributed by atoms with Crippen molar-refractivity contribution in [3.8, 4) is 0 Å². The van der Waals surface area contributed by atoms with Crippen molar-refractivity contribution in [3.63, 3.8) is 0 Å². The summed E-state index contributed by atoms with van der Waals surface area (Å²) in [6.07, 6.45) is 5.43. The van der Waals surface area contributed by atoms with E-state index in [9.17, 15) is 21.6 Å². The molecule has 2 rings (SSSR count). The first-order valence-corrected chi connectivity index (χ1v) is 11.5. The van der Waals surface area contributed by atoms with Crippen LogP contribution in [0, 0.1) is 17.8 Å². The molecule has 1 saturated heterocycles. The fourth-order valence-corrected chi connectivity index (χ4v) is 5.04. The van der Waals surface area contributed by atoms with Crippen molar-refractivity contribution in [1.82, 2.24) is 14.9 Å². The molecule has 0 radical (unpaired) electrons. The van der Waals surface area contributed by atoms with Crippen LogP contribution in [0.4, 0.5) is 13.2 Å². The van der Waals surface area contributed by atoms with Crippen molar-refractivity contribution < 1.29 is 21.6 Å². The topological polar surface area (TPSA) is 73.8 Å². The molecule has 0 spiro atoms. The van der Waals surface area contributed by atoms with Gasteiger partial charge in [0.05, 0.1) is 0 Å². The molecule has 29 heavy (non-hydrogen) atoms. The lowest BCUT2D eigenvalue weighted by atomic mass is 9.80. The van der Waals surface area contributed by atoms with Crippen LogP contribution >= 0.6 is 24.0 Å². The predicted octanol–water partition coefficient (Wildman–Crippen LogP) is 3.55. The predicted molar refractivity (Wildman–Crippen MR) is 120 cm³/mol. The van der Waals surface area contributed by atoms with Gasteiger partial charge in [0.2, 0.25) is 0 Å². The van der Waals surface area contributed by atoms with Crippen molar-refractivity contribution in [2.75, 3.05) is 26.7 Å². The molecular weight excluding hydrogens is 520 g/mol. The Morgan fingerprint density at radius 1 is 1.10 bits per heavy atom. The summed E-state index contributed by atoms with van der Waals surface area (Å²) in [5, 5.41) is 6.69. The van der Waals surface area contributed by atoms with Crippen LogP contribution in [0.1, 0.15) is 52.4 Å². The van der Waals surface area contributed by atoms with E-state index >= 15 is 0 Å². The smallest absolute Gasteiger partial charge is 0.356 e. The largest absolute Gasteiger partial charge is 0.511 e. The van der Waals surface area contributed by atoms with Crippen LogP contribution in [-0.4, -0.2) is 56.9 Å². The van der Waals surface area contributed by atoms with Crippen molar-refractivity contribution in [2.24, 2.45) is 22.7 Å². The fourth-order valence-electron chi connectivity index (χ4n) is 4.06. The molecule has 2 aliphatic rings. The van der Waals surface area contributed by atoms with Gasteiger partial charge in [-0.1, -0.05) is 13.8 Å². The first-order chi connectivity index (χ1) is 13.0. The minimum Gasteiger partial charge on any atom is -0.356 e.